The van der Waals surface area contributed by atoms with Gasteiger partial charge in [-0.25, -0.2) is 4.79 Å². The summed E-state index contributed by atoms with van der Waals surface area (Å²) in [5.41, 5.74) is 1.66. The van der Waals surface area contributed by atoms with Crippen LogP contribution in [0.25, 0.3) is 0 Å². The molecular formula is C18H27BN2O2. The maximum absolute atomic E-state index is 11.7. The van der Waals surface area contributed by atoms with E-state index in [2.05, 4.69) is 22.3 Å². The van der Waals surface area contributed by atoms with E-state index >= 15 is 0 Å². The van der Waals surface area contributed by atoms with Gasteiger partial charge in [-0.2, -0.15) is 0 Å². The molecule has 4 nitrogen and oxygen atoms in total. The van der Waals surface area contributed by atoms with Crippen LogP contribution in [-0.2, 0) is 11.3 Å². The van der Waals surface area contributed by atoms with Crippen LogP contribution in [0.1, 0.15) is 39.2 Å². The minimum absolute atomic E-state index is 0.318. The number of nitrogens with one attached hydrogen (secondary N) is 1. The average molecular weight is 314 g/mol. The van der Waals surface area contributed by atoms with Crippen molar-refractivity contribution in [1.82, 2.24) is 10.2 Å². The number of ether oxygens (including phenoxy) is 1. The number of nitrogens with zero attached hydrogens (tertiary/aromatic N) is 1. The second kappa shape index (κ2) is 7.87. The van der Waals surface area contributed by atoms with E-state index in [1.165, 1.54) is 5.56 Å². The quantitative estimate of drug-likeness (QED) is 0.867. The predicted molar refractivity (Wildman–Crippen MR) is 94.1 cm³/mol. The first kappa shape index (κ1) is 17.9. The highest BCUT2D eigenvalue weighted by Gasteiger charge is 2.21. The third-order valence-corrected chi connectivity index (χ3v) is 4.03. The fraction of sp³-hybridized carbons (Fsp3) is 0.611. The summed E-state index contributed by atoms with van der Waals surface area (Å²) in [7, 11) is 5.72. The third kappa shape index (κ3) is 6.65. The van der Waals surface area contributed by atoms with Crippen molar-refractivity contribution in [3.8, 4) is 0 Å². The van der Waals surface area contributed by atoms with Gasteiger partial charge < -0.3 is 10.1 Å². The molecular weight excluding hydrogens is 287 g/mol. The Morgan fingerprint density at radius 2 is 1.87 bits per heavy atom. The number of piperidine rings is 1. The molecule has 1 heterocycles. The summed E-state index contributed by atoms with van der Waals surface area (Å²) < 4.78 is 5.27. The van der Waals surface area contributed by atoms with E-state index in [1.807, 2.05) is 32.9 Å². The molecule has 0 saturated carbocycles. The van der Waals surface area contributed by atoms with Gasteiger partial charge in [-0.3, -0.25) is 4.90 Å². The van der Waals surface area contributed by atoms with E-state index < -0.39 is 5.60 Å². The van der Waals surface area contributed by atoms with E-state index in [-0.39, 0.29) is 6.09 Å². The molecule has 0 aliphatic carbocycles. The van der Waals surface area contributed by atoms with Gasteiger partial charge in [-0.15, -0.1) is 0 Å². The Labute approximate surface area is 141 Å². The summed E-state index contributed by atoms with van der Waals surface area (Å²) >= 11 is 0. The summed E-state index contributed by atoms with van der Waals surface area (Å²) in [6.07, 6.45) is 1.89. The molecule has 5 heteroatoms. The molecule has 0 spiro atoms. The van der Waals surface area contributed by atoms with Crippen molar-refractivity contribution in [2.45, 2.75) is 45.8 Å². The van der Waals surface area contributed by atoms with Gasteiger partial charge in [0.1, 0.15) is 13.4 Å². The van der Waals surface area contributed by atoms with Crippen molar-refractivity contribution in [1.29, 1.82) is 0 Å². The molecule has 1 N–H and O–H groups in total. The van der Waals surface area contributed by atoms with Crippen LogP contribution in [-0.4, -0.2) is 44.1 Å². The highest BCUT2D eigenvalue weighted by Crippen LogP contribution is 2.18. The zero-order valence-corrected chi connectivity index (χ0v) is 14.5. The number of alkyl carbamates (subject to hydrolysis) is 1. The van der Waals surface area contributed by atoms with Crippen molar-refractivity contribution >= 4 is 19.4 Å². The topological polar surface area (TPSA) is 41.6 Å². The molecule has 1 aliphatic heterocycles. The molecule has 0 bridgehead atoms. The first-order chi connectivity index (χ1) is 10.8. The number of likely N-dealkylation sites (tertiary alicyclic amines) is 1. The van der Waals surface area contributed by atoms with Gasteiger partial charge in [-0.1, -0.05) is 29.7 Å². The van der Waals surface area contributed by atoms with E-state index in [1.54, 1.807) is 0 Å². The molecule has 2 rings (SSSR count). The second-order valence-electron chi connectivity index (χ2n) is 7.34. The molecule has 0 aromatic heterocycles. The summed E-state index contributed by atoms with van der Waals surface area (Å²) in [4.78, 5) is 14.1. The van der Waals surface area contributed by atoms with Crippen molar-refractivity contribution < 1.29 is 9.53 Å². The van der Waals surface area contributed by atoms with Gasteiger partial charge in [0.2, 0.25) is 0 Å². The Morgan fingerprint density at radius 1 is 1.26 bits per heavy atom. The zero-order chi connectivity index (χ0) is 16.9. The Hall–Kier alpha value is -1.49. The van der Waals surface area contributed by atoms with Crippen LogP contribution in [0.15, 0.2) is 24.3 Å². The van der Waals surface area contributed by atoms with E-state index in [0.29, 0.717) is 12.5 Å². The second-order valence-corrected chi connectivity index (χ2v) is 7.34. The standard InChI is InChI=1S/C18H27BN2O2/c1-18(2,3)23-17(22)20-12-14-8-10-21(11-9-14)13-15-4-6-16(19)7-5-15/h4-7,14H,8-13H2,1-3H3,(H,20,22). The molecule has 1 fully saturated rings. The molecule has 23 heavy (non-hydrogen) atoms. The van der Waals surface area contributed by atoms with Crippen LogP contribution in [0.4, 0.5) is 4.79 Å². The number of amides is 1. The highest BCUT2D eigenvalue weighted by molar-refractivity contribution is 6.32. The number of hydrogen-bond acceptors (Lipinski definition) is 3. The van der Waals surface area contributed by atoms with Gasteiger partial charge in [0.25, 0.3) is 0 Å². The minimum Gasteiger partial charge on any atom is -0.444 e. The molecule has 0 atom stereocenters. The Balaban J connectivity index is 1.67. The minimum atomic E-state index is -0.438. The zero-order valence-electron chi connectivity index (χ0n) is 14.5. The molecule has 0 unspecified atom stereocenters. The van der Waals surface area contributed by atoms with Crippen LogP contribution in [0.3, 0.4) is 0 Å². The van der Waals surface area contributed by atoms with Gasteiger partial charge in [0, 0.05) is 13.1 Å². The Bertz CT molecular complexity index is 503. The maximum Gasteiger partial charge on any atom is 0.407 e. The smallest absolute Gasteiger partial charge is 0.407 e. The lowest BCUT2D eigenvalue weighted by molar-refractivity contribution is 0.0509. The van der Waals surface area contributed by atoms with Crippen LogP contribution in [0.5, 0.6) is 0 Å². The lowest BCUT2D eigenvalue weighted by Gasteiger charge is -2.32. The van der Waals surface area contributed by atoms with E-state index in [0.717, 1.165) is 37.9 Å². The van der Waals surface area contributed by atoms with E-state index in [4.69, 9.17) is 12.6 Å². The largest absolute Gasteiger partial charge is 0.444 e. The molecule has 124 valence electrons. The van der Waals surface area contributed by atoms with Gasteiger partial charge in [0.15, 0.2) is 0 Å². The summed E-state index contributed by atoms with van der Waals surface area (Å²) in [6, 6.07) is 8.08. The van der Waals surface area contributed by atoms with Gasteiger partial charge in [-0.05, 0) is 58.2 Å². The summed E-state index contributed by atoms with van der Waals surface area (Å²) in [5, 5.41) is 2.89. The molecule has 1 aliphatic rings. The fourth-order valence-corrected chi connectivity index (χ4v) is 2.77. The van der Waals surface area contributed by atoms with Gasteiger partial charge >= 0.3 is 6.09 Å². The molecule has 2 radical (unpaired) electrons. The fourth-order valence-electron chi connectivity index (χ4n) is 2.77. The van der Waals surface area contributed by atoms with Crippen molar-refractivity contribution in [3.63, 3.8) is 0 Å². The lowest BCUT2D eigenvalue weighted by atomic mass is 9.94. The number of rotatable bonds is 4. The molecule has 1 aromatic carbocycles. The molecule has 1 saturated heterocycles. The van der Waals surface area contributed by atoms with Crippen molar-refractivity contribution in [2.75, 3.05) is 19.6 Å². The number of carbonyl (C=O) groups excluding carboxylic acids is 1. The summed E-state index contributed by atoms with van der Waals surface area (Å²) in [6.45, 7) is 9.42. The number of hydrogen-bond donors (Lipinski definition) is 1. The molecule has 1 aromatic rings. The first-order valence-electron chi connectivity index (χ1n) is 8.35. The average Bonchev–Trinajstić information content (AvgIpc) is 2.47. The maximum atomic E-state index is 11.7. The SMILES string of the molecule is [B]c1ccc(CN2CCC(CNC(=O)OC(C)(C)C)CC2)cc1. The van der Waals surface area contributed by atoms with Crippen molar-refractivity contribution in [3.05, 3.63) is 29.8 Å². The Morgan fingerprint density at radius 3 is 2.43 bits per heavy atom. The third-order valence-electron chi connectivity index (χ3n) is 4.03. The first-order valence-corrected chi connectivity index (χ1v) is 8.35. The van der Waals surface area contributed by atoms with Crippen LogP contribution in [0.2, 0.25) is 0 Å². The lowest BCUT2D eigenvalue weighted by Crippen LogP contribution is -2.40. The molecule has 1 amide bonds. The van der Waals surface area contributed by atoms with Crippen LogP contribution >= 0.6 is 0 Å². The predicted octanol–water partition coefficient (Wildman–Crippen LogP) is 2.22. The van der Waals surface area contributed by atoms with Crippen LogP contribution in [0, 0.1) is 5.92 Å². The Kier molecular flexibility index (Phi) is 6.11. The van der Waals surface area contributed by atoms with Gasteiger partial charge in [0.05, 0.1) is 0 Å². The van der Waals surface area contributed by atoms with Crippen molar-refractivity contribution in [2.24, 2.45) is 5.92 Å². The monoisotopic (exact) mass is 314 g/mol. The number of carbonyl (C=O) groups is 1. The number of benzene rings is 1. The normalized spacial score (nSPS) is 17.0. The van der Waals surface area contributed by atoms with Crippen LogP contribution < -0.4 is 10.8 Å². The van der Waals surface area contributed by atoms with E-state index in [9.17, 15) is 4.79 Å². The summed E-state index contributed by atoms with van der Waals surface area (Å²) in [5.74, 6) is 0.533. The highest BCUT2D eigenvalue weighted by atomic mass is 16.6.